The first-order chi connectivity index (χ1) is 18.0. The van der Waals surface area contributed by atoms with Gasteiger partial charge >= 0.3 is 0 Å². The molecule has 1 saturated carbocycles. The monoisotopic (exact) mass is 536 g/mol. The predicted molar refractivity (Wildman–Crippen MR) is 139 cm³/mol. The van der Waals surface area contributed by atoms with Crippen LogP contribution in [0.1, 0.15) is 58.3 Å². The molecule has 38 heavy (non-hydrogen) atoms. The van der Waals surface area contributed by atoms with Gasteiger partial charge in [0.25, 0.3) is 0 Å². The molecule has 1 aliphatic carbocycles. The number of likely N-dealkylation sites (N-methyl/N-ethyl adjacent to an activating group) is 1. The lowest BCUT2D eigenvalue weighted by Crippen LogP contribution is -2.59. The summed E-state index contributed by atoms with van der Waals surface area (Å²) in [5.41, 5.74) is 10.5. The number of amides is 6. The van der Waals surface area contributed by atoms with Crippen LogP contribution in [0.3, 0.4) is 0 Å². The summed E-state index contributed by atoms with van der Waals surface area (Å²) in [5.74, 6) is -4.99. The molecule has 0 spiro atoms. The lowest BCUT2D eigenvalue weighted by Gasteiger charge is -2.32. The Bertz CT molecular complexity index is 912. The average molecular weight is 537 g/mol. The van der Waals surface area contributed by atoms with Crippen LogP contribution in [0, 0.1) is 5.92 Å². The highest BCUT2D eigenvalue weighted by Gasteiger charge is 2.35. The number of carbonyl (C=O) groups is 6. The Hall–Kier alpha value is -3.74. The van der Waals surface area contributed by atoms with Gasteiger partial charge in [-0.15, -0.1) is 0 Å². The Morgan fingerprint density at radius 1 is 0.842 bits per heavy atom. The van der Waals surface area contributed by atoms with Gasteiger partial charge in [-0.1, -0.05) is 31.6 Å². The Labute approximate surface area is 222 Å². The molecule has 1 fully saturated rings. The van der Waals surface area contributed by atoms with Crippen LogP contribution in [0.25, 0.3) is 0 Å². The molecule has 0 heterocycles. The largest absolute Gasteiger partial charge is 0.393 e. The van der Waals surface area contributed by atoms with E-state index in [4.69, 9.17) is 11.5 Å². The first kappa shape index (κ1) is 32.3. The number of primary amides is 2. The van der Waals surface area contributed by atoms with Gasteiger partial charge in [-0.25, -0.2) is 0 Å². The van der Waals surface area contributed by atoms with Crippen LogP contribution >= 0.6 is 0 Å². The Balaban J connectivity index is 3.00. The second-order valence-electron chi connectivity index (χ2n) is 9.21. The SMILES string of the molecule is CCC/C=C/C=C/C(=O)N[C@H](CC(N)=O)C(=O)N[C@H](CC(N)=O)C(=O)N[C@H](C(=O)NC)C1CCC(O)CC1. The number of hydrogen-bond donors (Lipinski definition) is 7. The minimum absolute atomic E-state index is 0.271. The summed E-state index contributed by atoms with van der Waals surface area (Å²) >= 11 is 0. The van der Waals surface area contributed by atoms with Crippen LogP contribution < -0.4 is 32.7 Å². The summed E-state index contributed by atoms with van der Waals surface area (Å²) in [6.07, 6.45) is 8.17. The maximum Gasteiger partial charge on any atom is 0.244 e. The number of aliphatic hydroxyl groups is 1. The van der Waals surface area contributed by atoms with E-state index < -0.39 is 72.5 Å². The van der Waals surface area contributed by atoms with Crippen molar-refractivity contribution in [1.29, 1.82) is 0 Å². The van der Waals surface area contributed by atoms with Crippen LogP contribution in [-0.2, 0) is 28.8 Å². The molecular weight excluding hydrogens is 496 g/mol. The molecule has 1 aliphatic rings. The topological polar surface area (TPSA) is 223 Å². The van der Waals surface area contributed by atoms with Gasteiger partial charge < -0.3 is 37.8 Å². The number of nitrogens with one attached hydrogen (secondary N) is 4. The molecule has 0 bridgehead atoms. The fourth-order valence-electron chi connectivity index (χ4n) is 4.04. The van der Waals surface area contributed by atoms with Crippen molar-refractivity contribution < 1.29 is 33.9 Å². The van der Waals surface area contributed by atoms with Crippen molar-refractivity contribution in [2.24, 2.45) is 17.4 Å². The molecule has 0 aromatic heterocycles. The van der Waals surface area contributed by atoms with Gasteiger partial charge in [-0.05, 0) is 38.0 Å². The molecule has 0 aliphatic heterocycles. The molecule has 0 unspecified atom stereocenters. The smallest absolute Gasteiger partial charge is 0.244 e. The minimum Gasteiger partial charge on any atom is -0.393 e. The molecule has 13 nitrogen and oxygen atoms in total. The predicted octanol–water partition coefficient (Wildman–Crippen LogP) is -1.60. The number of carbonyl (C=O) groups excluding carboxylic acids is 6. The van der Waals surface area contributed by atoms with E-state index in [1.807, 2.05) is 13.0 Å². The summed E-state index contributed by atoms with van der Waals surface area (Å²) in [5, 5.41) is 19.5. The van der Waals surface area contributed by atoms with Crippen molar-refractivity contribution in [2.75, 3.05) is 7.05 Å². The lowest BCUT2D eigenvalue weighted by atomic mass is 9.82. The van der Waals surface area contributed by atoms with E-state index in [9.17, 15) is 33.9 Å². The first-order valence-electron chi connectivity index (χ1n) is 12.7. The standard InChI is InChI=1S/C25H40N6O7/c1-3-4-5-6-7-8-21(35)29-17(13-19(26)33)23(36)30-18(14-20(27)34)24(37)31-22(25(38)28-2)15-9-11-16(32)12-10-15/h5-8,15-18,22,32H,3-4,9-14H2,1-2H3,(H2,26,33)(H2,27,34)(H,28,38)(H,29,35)(H,30,36)(H,31,37)/b6-5+,8-7+/t15?,16?,17-,18-,22+/m1/s1. The van der Waals surface area contributed by atoms with Crippen LogP contribution in [0.15, 0.2) is 24.3 Å². The zero-order chi connectivity index (χ0) is 28.7. The van der Waals surface area contributed by atoms with E-state index in [1.165, 1.54) is 13.1 Å². The molecule has 3 atom stereocenters. The second-order valence-corrected chi connectivity index (χ2v) is 9.21. The number of allylic oxidation sites excluding steroid dienone is 3. The van der Waals surface area contributed by atoms with Crippen molar-refractivity contribution in [3.63, 3.8) is 0 Å². The number of unbranched alkanes of at least 4 members (excludes halogenated alkanes) is 1. The Morgan fingerprint density at radius 3 is 1.92 bits per heavy atom. The summed E-state index contributed by atoms with van der Waals surface area (Å²) < 4.78 is 0. The maximum atomic E-state index is 13.1. The van der Waals surface area contributed by atoms with Gasteiger partial charge in [0.15, 0.2) is 0 Å². The lowest BCUT2D eigenvalue weighted by molar-refractivity contribution is -0.136. The normalized spacial score (nSPS) is 19.8. The molecule has 1 rings (SSSR count). The quantitative estimate of drug-likeness (QED) is 0.0958. The zero-order valence-electron chi connectivity index (χ0n) is 21.9. The molecular formula is C25H40N6O7. The van der Waals surface area contributed by atoms with Gasteiger partial charge in [-0.3, -0.25) is 28.8 Å². The molecule has 0 aromatic rings. The third-order valence-electron chi connectivity index (χ3n) is 6.07. The summed E-state index contributed by atoms with van der Waals surface area (Å²) in [4.78, 5) is 73.9. The highest BCUT2D eigenvalue weighted by molar-refractivity contribution is 5.98. The van der Waals surface area contributed by atoms with E-state index >= 15 is 0 Å². The summed E-state index contributed by atoms with van der Waals surface area (Å²) in [7, 11) is 1.41. The fraction of sp³-hybridized carbons (Fsp3) is 0.600. The molecule has 212 valence electrons. The molecule has 13 heteroatoms. The second kappa shape index (κ2) is 16.9. The third kappa shape index (κ3) is 12.0. The third-order valence-corrected chi connectivity index (χ3v) is 6.07. The number of hydrogen-bond acceptors (Lipinski definition) is 7. The van der Waals surface area contributed by atoms with Crippen molar-refractivity contribution >= 4 is 35.4 Å². The molecule has 9 N–H and O–H groups in total. The van der Waals surface area contributed by atoms with Gasteiger partial charge in [0.1, 0.15) is 18.1 Å². The number of rotatable bonds is 15. The highest BCUT2D eigenvalue weighted by atomic mass is 16.3. The van der Waals surface area contributed by atoms with E-state index in [1.54, 1.807) is 6.08 Å². The molecule has 0 radical (unpaired) electrons. The van der Waals surface area contributed by atoms with Crippen LogP contribution in [-0.4, -0.2) is 71.8 Å². The van der Waals surface area contributed by atoms with Crippen LogP contribution in [0.4, 0.5) is 0 Å². The fourth-order valence-corrected chi connectivity index (χ4v) is 4.04. The van der Waals surface area contributed by atoms with Gasteiger partial charge in [0, 0.05) is 13.1 Å². The van der Waals surface area contributed by atoms with Gasteiger partial charge in [0.05, 0.1) is 18.9 Å². The summed E-state index contributed by atoms with van der Waals surface area (Å²) in [6, 6.07) is -3.89. The van der Waals surface area contributed by atoms with Gasteiger partial charge in [0.2, 0.25) is 35.4 Å². The maximum absolute atomic E-state index is 13.1. The van der Waals surface area contributed by atoms with E-state index in [0.717, 1.165) is 18.9 Å². The first-order valence-corrected chi connectivity index (χ1v) is 12.7. The average Bonchev–Trinajstić information content (AvgIpc) is 2.85. The Kier molecular flexibility index (Phi) is 14.4. The number of nitrogens with two attached hydrogens (primary N) is 2. The van der Waals surface area contributed by atoms with Crippen LogP contribution in [0.5, 0.6) is 0 Å². The molecule has 0 saturated heterocycles. The van der Waals surface area contributed by atoms with E-state index in [-0.39, 0.29) is 5.92 Å². The van der Waals surface area contributed by atoms with Crippen LogP contribution in [0.2, 0.25) is 0 Å². The van der Waals surface area contributed by atoms with E-state index in [2.05, 4.69) is 21.3 Å². The van der Waals surface area contributed by atoms with Crippen molar-refractivity contribution in [3.8, 4) is 0 Å². The number of aliphatic hydroxyl groups excluding tert-OH is 1. The zero-order valence-corrected chi connectivity index (χ0v) is 21.9. The highest BCUT2D eigenvalue weighted by Crippen LogP contribution is 2.27. The molecule has 6 amide bonds. The summed E-state index contributed by atoms with van der Waals surface area (Å²) in [6.45, 7) is 2.00. The minimum atomic E-state index is -1.49. The van der Waals surface area contributed by atoms with E-state index in [0.29, 0.717) is 25.7 Å². The molecule has 0 aromatic carbocycles. The van der Waals surface area contributed by atoms with Crippen molar-refractivity contribution in [1.82, 2.24) is 21.3 Å². The van der Waals surface area contributed by atoms with Crippen molar-refractivity contribution in [3.05, 3.63) is 24.3 Å². The van der Waals surface area contributed by atoms with Gasteiger partial charge in [-0.2, -0.15) is 0 Å². The Morgan fingerprint density at radius 2 is 1.39 bits per heavy atom. The van der Waals surface area contributed by atoms with Crippen molar-refractivity contribution in [2.45, 2.75) is 82.5 Å².